The highest BCUT2D eigenvalue weighted by Gasteiger charge is 2.39. The fourth-order valence-corrected chi connectivity index (χ4v) is 7.17. The summed E-state index contributed by atoms with van der Waals surface area (Å²) in [5, 5.41) is 19.2. The lowest BCUT2D eigenvalue weighted by atomic mass is 9.81. The highest BCUT2D eigenvalue weighted by Crippen LogP contribution is 2.41. The second kappa shape index (κ2) is 11.4. The summed E-state index contributed by atoms with van der Waals surface area (Å²) in [6, 6.07) is 2.28. The number of hydrogen-bond donors (Lipinski definition) is 3. The highest BCUT2D eigenvalue weighted by atomic mass is 32.2. The summed E-state index contributed by atoms with van der Waals surface area (Å²) in [6.45, 7) is 15.7. The summed E-state index contributed by atoms with van der Waals surface area (Å²) in [6.07, 6.45) is 6.40. The van der Waals surface area contributed by atoms with Gasteiger partial charge in [-0.15, -0.1) is 11.3 Å². The van der Waals surface area contributed by atoms with Crippen molar-refractivity contribution in [3.8, 4) is 10.6 Å². The zero-order valence-corrected chi connectivity index (χ0v) is 24.9. The van der Waals surface area contributed by atoms with E-state index in [2.05, 4.69) is 50.2 Å². The first kappa shape index (κ1) is 28.0. The molecule has 3 aromatic heterocycles. The fourth-order valence-electron chi connectivity index (χ4n) is 5.24. The molecular formula is C28H42N6OS2. The largest absolute Gasteiger partial charge is 0.390 e. The number of aliphatic hydroxyl groups is 1. The molecule has 0 amide bonds. The summed E-state index contributed by atoms with van der Waals surface area (Å²) in [4.78, 5) is 19.2. The van der Waals surface area contributed by atoms with Gasteiger partial charge in [-0.3, -0.25) is 4.98 Å². The minimum Gasteiger partial charge on any atom is -0.390 e. The summed E-state index contributed by atoms with van der Waals surface area (Å²) in [5.41, 5.74) is 3.14. The minimum atomic E-state index is -0.587. The van der Waals surface area contributed by atoms with E-state index < -0.39 is 5.60 Å². The average Bonchev–Trinajstić information content (AvgIpc) is 3.49. The maximum atomic E-state index is 11.1. The van der Waals surface area contributed by atoms with Crippen LogP contribution in [-0.2, 0) is 0 Å². The molecule has 202 valence electrons. The molecule has 0 saturated heterocycles. The maximum absolute atomic E-state index is 11.1. The van der Waals surface area contributed by atoms with Crippen molar-refractivity contribution in [2.45, 2.75) is 97.0 Å². The maximum Gasteiger partial charge on any atom is 0.224 e. The second-order valence-electron chi connectivity index (χ2n) is 11.2. The Morgan fingerprint density at radius 2 is 1.84 bits per heavy atom. The predicted molar refractivity (Wildman–Crippen MR) is 159 cm³/mol. The van der Waals surface area contributed by atoms with Gasteiger partial charge in [-0.25, -0.2) is 9.97 Å². The normalized spacial score (nSPS) is 18.5. The third-order valence-electron chi connectivity index (χ3n) is 7.47. The number of nitrogens with zero attached hydrogens (tertiary/aromatic N) is 4. The number of hydrogen-bond acceptors (Lipinski definition) is 9. The van der Waals surface area contributed by atoms with Crippen LogP contribution in [-0.4, -0.2) is 53.7 Å². The van der Waals surface area contributed by atoms with Crippen LogP contribution < -0.4 is 10.6 Å². The van der Waals surface area contributed by atoms with E-state index in [0.29, 0.717) is 11.9 Å². The Bertz CT molecular complexity index is 1220. The van der Waals surface area contributed by atoms with Gasteiger partial charge in [0, 0.05) is 29.3 Å². The Balaban J connectivity index is 1.63. The molecule has 9 heteroatoms. The first-order valence-electron chi connectivity index (χ1n) is 13.5. The molecule has 0 radical (unpaired) electrons. The summed E-state index contributed by atoms with van der Waals surface area (Å²) in [7, 11) is 0. The molecule has 1 aliphatic rings. The fraction of sp³-hybridized carbons (Fsp3) is 0.643. The van der Waals surface area contributed by atoms with Crippen LogP contribution in [0, 0.1) is 19.8 Å². The predicted octanol–water partition coefficient (Wildman–Crippen LogP) is 6.84. The molecule has 1 saturated carbocycles. The molecule has 2 unspecified atom stereocenters. The summed E-state index contributed by atoms with van der Waals surface area (Å²) >= 11 is 3.58. The Morgan fingerprint density at radius 3 is 2.51 bits per heavy atom. The number of aromatic nitrogens is 4. The molecule has 7 nitrogen and oxygen atoms in total. The molecule has 3 N–H and O–H groups in total. The SMILES string of the molecule is CCC(O)(CC)C1CCC(Nc2nc(NCCSC(C)(C)C)nc(C)c2-c2nc3c(C)nccc3s2)C1. The minimum absolute atomic E-state index is 0.229. The van der Waals surface area contributed by atoms with E-state index in [1.54, 1.807) is 11.3 Å². The first-order chi connectivity index (χ1) is 17.5. The van der Waals surface area contributed by atoms with E-state index in [4.69, 9.17) is 15.0 Å². The number of pyridine rings is 1. The van der Waals surface area contributed by atoms with Crippen molar-refractivity contribution in [3.05, 3.63) is 23.7 Å². The van der Waals surface area contributed by atoms with Crippen LogP contribution in [0.4, 0.5) is 11.8 Å². The van der Waals surface area contributed by atoms with Gasteiger partial charge in [-0.05, 0) is 57.9 Å². The number of anilines is 2. The summed E-state index contributed by atoms with van der Waals surface area (Å²) < 4.78 is 1.35. The average molecular weight is 543 g/mol. The molecule has 3 aromatic rings. The van der Waals surface area contributed by atoms with Crippen LogP contribution in [0.3, 0.4) is 0 Å². The van der Waals surface area contributed by atoms with Gasteiger partial charge in [0.25, 0.3) is 0 Å². The van der Waals surface area contributed by atoms with Gasteiger partial charge in [-0.1, -0.05) is 34.6 Å². The van der Waals surface area contributed by atoms with Crippen LogP contribution in [0.1, 0.15) is 78.1 Å². The van der Waals surface area contributed by atoms with Crippen molar-refractivity contribution >= 4 is 45.1 Å². The summed E-state index contributed by atoms with van der Waals surface area (Å²) in [5.74, 6) is 2.75. The van der Waals surface area contributed by atoms with Gasteiger partial charge in [0.1, 0.15) is 16.3 Å². The van der Waals surface area contributed by atoms with Gasteiger partial charge >= 0.3 is 0 Å². The zero-order chi connectivity index (χ0) is 26.8. The van der Waals surface area contributed by atoms with Crippen LogP contribution in [0.25, 0.3) is 20.8 Å². The van der Waals surface area contributed by atoms with E-state index in [1.807, 2.05) is 37.9 Å². The monoisotopic (exact) mass is 542 g/mol. The number of thioether (sulfide) groups is 1. The van der Waals surface area contributed by atoms with Crippen molar-refractivity contribution in [1.29, 1.82) is 0 Å². The molecule has 1 aliphatic carbocycles. The molecule has 37 heavy (non-hydrogen) atoms. The first-order valence-corrected chi connectivity index (χ1v) is 15.3. The van der Waals surface area contributed by atoms with E-state index in [1.165, 1.54) is 0 Å². The lowest BCUT2D eigenvalue weighted by Gasteiger charge is -2.32. The van der Waals surface area contributed by atoms with Crippen molar-refractivity contribution in [2.75, 3.05) is 22.9 Å². The lowest BCUT2D eigenvalue weighted by Crippen LogP contribution is -2.36. The standard InChI is InChI=1S/C28H42N6OS2/c1-8-28(35,9-2)19-10-11-20(16-19)32-24-22(25-33-23-18(4)29-13-12-21(23)37-25)17(3)31-26(34-24)30-14-15-36-27(5,6)7/h12-13,19-20,35H,8-11,14-16H2,1-7H3,(H2,30,31,32,34). The number of thiazole rings is 1. The Hall–Kier alpha value is -1.97. The molecule has 3 heterocycles. The number of nitrogens with one attached hydrogen (secondary N) is 2. The molecule has 2 atom stereocenters. The van der Waals surface area contributed by atoms with Crippen LogP contribution in [0.15, 0.2) is 12.3 Å². The third-order valence-corrected chi connectivity index (χ3v) is 9.78. The van der Waals surface area contributed by atoms with Crippen molar-refractivity contribution < 1.29 is 5.11 Å². The van der Waals surface area contributed by atoms with Gasteiger partial charge in [0.15, 0.2) is 0 Å². The molecule has 0 aliphatic heterocycles. The topological polar surface area (TPSA) is 95.8 Å². The molecule has 1 fully saturated rings. The third kappa shape index (κ3) is 6.55. The second-order valence-corrected chi connectivity index (χ2v) is 14.1. The molecule has 0 spiro atoms. The van der Waals surface area contributed by atoms with Gasteiger partial charge in [-0.2, -0.15) is 16.7 Å². The van der Waals surface area contributed by atoms with Gasteiger partial charge < -0.3 is 15.7 Å². The Labute approximate surface area is 229 Å². The highest BCUT2D eigenvalue weighted by molar-refractivity contribution is 8.00. The van der Waals surface area contributed by atoms with Crippen LogP contribution >= 0.6 is 23.1 Å². The molecule has 0 aromatic carbocycles. The molecular weight excluding hydrogens is 500 g/mol. The number of aryl methyl sites for hydroxylation is 2. The number of rotatable bonds is 10. The Kier molecular flexibility index (Phi) is 8.65. The quantitative estimate of drug-likeness (QED) is 0.240. The molecule has 4 rings (SSSR count). The van der Waals surface area contributed by atoms with E-state index >= 15 is 0 Å². The van der Waals surface area contributed by atoms with E-state index in [9.17, 15) is 5.11 Å². The van der Waals surface area contributed by atoms with Crippen molar-refractivity contribution in [3.63, 3.8) is 0 Å². The van der Waals surface area contributed by atoms with E-state index in [0.717, 1.165) is 82.4 Å². The zero-order valence-electron chi connectivity index (χ0n) is 23.3. The Morgan fingerprint density at radius 1 is 1.08 bits per heavy atom. The number of fused-ring (bicyclic) bond motifs is 1. The lowest BCUT2D eigenvalue weighted by molar-refractivity contribution is -0.0236. The van der Waals surface area contributed by atoms with Gasteiger partial charge in [0.2, 0.25) is 5.95 Å². The van der Waals surface area contributed by atoms with Gasteiger partial charge in [0.05, 0.1) is 27.3 Å². The van der Waals surface area contributed by atoms with Crippen molar-refractivity contribution in [1.82, 2.24) is 19.9 Å². The molecule has 0 bridgehead atoms. The van der Waals surface area contributed by atoms with Crippen molar-refractivity contribution in [2.24, 2.45) is 5.92 Å². The smallest absolute Gasteiger partial charge is 0.224 e. The van der Waals surface area contributed by atoms with E-state index in [-0.39, 0.29) is 10.8 Å². The van der Waals surface area contributed by atoms with Crippen LogP contribution in [0.2, 0.25) is 0 Å². The van der Waals surface area contributed by atoms with Crippen LogP contribution in [0.5, 0.6) is 0 Å².